The molecular weight excluding hydrogens is 492 g/mol. The molecule has 0 amide bonds. The number of methoxy groups -OCH3 is 1. The molecule has 0 bridgehead atoms. The van der Waals surface area contributed by atoms with Gasteiger partial charge in [0, 0.05) is 0 Å². The first-order valence-corrected chi connectivity index (χ1v) is 11.4. The third kappa shape index (κ3) is 6.89. The van der Waals surface area contributed by atoms with Crippen molar-refractivity contribution >= 4 is 6.08 Å². The van der Waals surface area contributed by atoms with Crippen molar-refractivity contribution < 1.29 is 59.8 Å². The molecule has 12 nitrogen and oxygen atoms in total. The summed E-state index contributed by atoms with van der Waals surface area (Å²) >= 11 is 0. The van der Waals surface area contributed by atoms with Crippen molar-refractivity contribution in [3.8, 4) is 23.0 Å². The van der Waals surface area contributed by atoms with Crippen LogP contribution in [-0.4, -0.2) is 105 Å². The quantitative estimate of drug-likeness (QED) is 0.186. The summed E-state index contributed by atoms with van der Waals surface area (Å²) in [5.41, 5.74) is 0.874. The first-order valence-electron chi connectivity index (χ1n) is 11.4. The lowest BCUT2D eigenvalue weighted by Gasteiger charge is -2.39. The molecule has 0 radical (unpaired) electrons. The van der Waals surface area contributed by atoms with Gasteiger partial charge in [0.05, 0.1) is 26.9 Å². The second kappa shape index (κ2) is 13.0. The van der Waals surface area contributed by atoms with E-state index in [-0.39, 0.29) is 29.6 Å². The molecule has 2 aromatic rings. The fourth-order valence-corrected chi connectivity index (χ4v) is 3.73. The molecule has 204 valence electrons. The Balaban J connectivity index is 1.59. The smallest absolute Gasteiger partial charge is 0.187 e. The van der Waals surface area contributed by atoms with Crippen LogP contribution in [0.25, 0.3) is 6.08 Å². The van der Waals surface area contributed by atoms with Gasteiger partial charge in [0.25, 0.3) is 0 Å². The lowest BCUT2D eigenvalue weighted by atomic mass is 9.99. The second-order valence-electron chi connectivity index (χ2n) is 8.38. The molecule has 0 saturated carbocycles. The molecule has 0 aromatic heterocycles. The van der Waals surface area contributed by atoms with Crippen LogP contribution in [0.15, 0.2) is 42.5 Å². The topological polar surface area (TPSA) is 199 Å². The van der Waals surface area contributed by atoms with Gasteiger partial charge >= 0.3 is 0 Å². The van der Waals surface area contributed by atoms with E-state index in [9.17, 15) is 40.9 Å². The highest BCUT2D eigenvalue weighted by atomic mass is 16.7. The molecule has 12 heteroatoms. The number of benzene rings is 2. The third-order valence-electron chi connectivity index (χ3n) is 5.85. The summed E-state index contributed by atoms with van der Waals surface area (Å²) in [6.45, 7) is -1.19. The van der Waals surface area contributed by atoms with Crippen LogP contribution in [0, 0.1) is 0 Å². The van der Waals surface area contributed by atoms with Gasteiger partial charge in [0.1, 0.15) is 30.5 Å². The molecule has 7 atom stereocenters. The number of aromatic hydroxyl groups is 2. The van der Waals surface area contributed by atoms with Crippen molar-refractivity contribution in [1.82, 2.24) is 0 Å². The SMILES string of the molecule is COc1cc([C@@H](O)[C@H](CO)Oc2ccc(C=CCO[C@@H]3O[C@H](CO)[C@@H](O)[C@H](O)[C@H]3O)cc2O)ccc1O. The van der Waals surface area contributed by atoms with Crippen LogP contribution in [0.5, 0.6) is 23.0 Å². The Morgan fingerprint density at radius 2 is 1.70 bits per heavy atom. The highest BCUT2D eigenvalue weighted by Crippen LogP contribution is 2.33. The molecular formula is C25H32O12. The minimum Gasteiger partial charge on any atom is -0.504 e. The number of phenolic OH excluding ortho intramolecular Hbond substituents is 2. The molecule has 1 heterocycles. The van der Waals surface area contributed by atoms with Crippen LogP contribution >= 0.6 is 0 Å². The normalized spacial score (nSPS) is 25.6. The Labute approximate surface area is 212 Å². The maximum Gasteiger partial charge on any atom is 0.187 e. The predicted octanol–water partition coefficient (Wildman–Crippen LogP) is -0.591. The van der Waals surface area contributed by atoms with Crippen LogP contribution in [0.1, 0.15) is 17.2 Å². The Bertz CT molecular complexity index is 1040. The van der Waals surface area contributed by atoms with Crippen molar-refractivity contribution in [3.63, 3.8) is 0 Å². The standard InChI is InChI=1S/C25H32O12/c1-34-18-10-14(5-6-15(18)28)21(30)19(11-26)36-17-7-4-13(9-16(17)29)3-2-8-35-25-24(33)23(32)22(31)20(12-27)37-25/h2-7,9-10,19-33H,8,11-12H2,1H3/t19-,20+,21+,22+,23-,24+,25+/m0/s1. The van der Waals surface area contributed by atoms with Crippen LogP contribution in [-0.2, 0) is 9.47 Å². The van der Waals surface area contributed by atoms with Crippen molar-refractivity contribution in [3.05, 3.63) is 53.6 Å². The van der Waals surface area contributed by atoms with E-state index in [1.165, 1.54) is 37.4 Å². The molecule has 8 N–H and O–H groups in total. The summed E-state index contributed by atoms with van der Waals surface area (Å²) < 4.78 is 21.3. The van der Waals surface area contributed by atoms with Crippen molar-refractivity contribution in [1.29, 1.82) is 0 Å². The second-order valence-corrected chi connectivity index (χ2v) is 8.38. The van der Waals surface area contributed by atoms with Gasteiger partial charge in [-0.3, -0.25) is 0 Å². The van der Waals surface area contributed by atoms with Crippen molar-refractivity contribution in [2.75, 3.05) is 26.9 Å². The van der Waals surface area contributed by atoms with E-state index in [0.29, 0.717) is 11.1 Å². The van der Waals surface area contributed by atoms with Gasteiger partial charge in [0.15, 0.2) is 35.4 Å². The highest BCUT2D eigenvalue weighted by molar-refractivity contribution is 5.55. The Kier molecular flexibility index (Phi) is 10.1. The zero-order valence-corrected chi connectivity index (χ0v) is 20.0. The average molecular weight is 525 g/mol. The Morgan fingerprint density at radius 1 is 0.946 bits per heavy atom. The van der Waals surface area contributed by atoms with E-state index >= 15 is 0 Å². The van der Waals surface area contributed by atoms with Crippen LogP contribution < -0.4 is 9.47 Å². The number of aliphatic hydroxyl groups excluding tert-OH is 6. The fourth-order valence-electron chi connectivity index (χ4n) is 3.73. The van der Waals surface area contributed by atoms with Gasteiger partial charge in [-0.15, -0.1) is 0 Å². The van der Waals surface area contributed by atoms with Crippen molar-refractivity contribution in [2.45, 2.75) is 42.9 Å². The number of rotatable bonds is 11. The van der Waals surface area contributed by atoms with Crippen LogP contribution in [0.2, 0.25) is 0 Å². The van der Waals surface area contributed by atoms with E-state index < -0.39 is 56.1 Å². The number of ether oxygens (including phenoxy) is 4. The molecule has 1 aliphatic rings. The van der Waals surface area contributed by atoms with E-state index in [1.54, 1.807) is 18.2 Å². The number of aliphatic hydroxyl groups is 6. The molecule has 37 heavy (non-hydrogen) atoms. The van der Waals surface area contributed by atoms with Gasteiger partial charge in [-0.05, 0) is 35.4 Å². The summed E-state index contributed by atoms with van der Waals surface area (Å²) in [6.07, 6.45) is -6.15. The molecule has 2 aromatic carbocycles. The van der Waals surface area contributed by atoms with Gasteiger partial charge < -0.3 is 59.8 Å². The lowest BCUT2D eigenvalue weighted by Crippen LogP contribution is -2.59. The summed E-state index contributed by atoms with van der Waals surface area (Å²) in [4.78, 5) is 0. The number of hydrogen-bond acceptors (Lipinski definition) is 12. The molecule has 1 aliphatic heterocycles. The molecule has 0 spiro atoms. The van der Waals surface area contributed by atoms with E-state index in [0.717, 1.165) is 0 Å². The monoisotopic (exact) mass is 524 g/mol. The first-order chi connectivity index (χ1) is 17.7. The summed E-state index contributed by atoms with van der Waals surface area (Å²) in [5.74, 6) is -0.216. The van der Waals surface area contributed by atoms with Crippen LogP contribution in [0.3, 0.4) is 0 Å². The summed E-state index contributed by atoms with van der Waals surface area (Å²) in [7, 11) is 1.36. The van der Waals surface area contributed by atoms with Crippen LogP contribution in [0.4, 0.5) is 0 Å². The van der Waals surface area contributed by atoms with Crippen molar-refractivity contribution in [2.24, 2.45) is 0 Å². The zero-order valence-electron chi connectivity index (χ0n) is 20.0. The molecule has 3 rings (SSSR count). The predicted molar refractivity (Wildman–Crippen MR) is 128 cm³/mol. The maximum atomic E-state index is 10.6. The van der Waals surface area contributed by atoms with Gasteiger partial charge in [-0.1, -0.05) is 24.3 Å². The van der Waals surface area contributed by atoms with E-state index in [2.05, 4.69) is 0 Å². The van der Waals surface area contributed by atoms with E-state index in [4.69, 9.17) is 18.9 Å². The summed E-state index contributed by atoms with van der Waals surface area (Å²) in [5, 5.41) is 79.3. The minimum absolute atomic E-state index is 0.0126. The van der Waals surface area contributed by atoms with Gasteiger partial charge in [0.2, 0.25) is 0 Å². The molecule has 1 saturated heterocycles. The first kappa shape index (κ1) is 28.6. The Hall–Kier alpha value is -2.94. The summed E-state index contributed by atoms with van der Waals surface area (Å²) in [6, 6.07) is 8.63. The number of phenols is 2. The molecule has 1 fully saturated rings. The van der Waals surface area contributed by atoms with Gasteiger partial charge in [-0.25, -0.2) is 0 Å². The average Bonchev–Trinajstić information content (AvgIpc) is 2.90. The Morgan fingerprint density at radius 3 is 2.35 bits per heavy atom. The highest BCUT2D eigenvalue weighted by Gasteiger charge is 2.43. The molecule has 0 aliphatic carbocycles. The van der Waals surface area contributed by atoms with E-state index in [1.807, 2.05) is 0 Å². The number of hydrogen-bond donors (Lipinski definition) is 8. The largest absolute Gasteiger partial charge is 0.504 e. The minimum atomic E-state index is -1.54. The van der Waals surface area contributed by atoms with Gasteiger partial charge in [-0.2, -0.15) is 0 Å². The lowest BCUT2D eigenvalue weighted by molar-refractivity contribution is -0.298. The fraction of sp³-hybridized carbons (Fsp3) is 0.440. The third-order valence-corrected chi connectivity index (χ3v) is 5.85. The molecule has 0 unspecified atom stereocenters. The maximum absolute atomic E-state index is 10.6. The zero-order chi connectivity index (χ0) is 27.1.